The molecule has 0 radical (unpaired) electrons. The highest BCUT2D eigenvalue weighted by atomic mass is 35.5. The zero-order valence-corrected chi connectivity index (χ0v) is 15.6. The van der Waals surface area contributed by atoms with Gasteiger partial charge in [0.25, 0.3) is 0 Å². The van der Waals surface area contributed by atoms with Gasteiger partial charge in [-0.2, -0.15) is 0 Å². The van der Waals surface area contributed by atoms with Crippen LogP contribution in [-0.4, -0.2) is 9.97 Å². The largest absolute Gasteiger partial charge is 0.393 e. The Balaban J connectivity index is 1.71. The highest BCUT2D eigenvalue weighted by molar-refractivity contribution is 6.30. The minimum absolute atomic E-state index is 0.481. The van der Waals surface area contributed by atoms with Gasteiger partial charge in [0, 0.05) is 17.3 Å². The molecule has 26 heavy (non-hydrogen) atoms. The molecule has 0 aliphatic carbocycles. The fourth-order valence-electron chi connectivity index (χ4n) is 2.51. The summed E-state index contributed by atoms with van der Waals surface area (Å²) in [5.41, 5.74) is 10.0. The van der Waals surface area contributed by atoms with Gasteiger partial charge in [0.15, 0.2) is 11.6 Å². The Morgan fingerprint density at radius 3 is 2.27 bits per heavy atom. The van der Waals surface area contributed by atoms with Gasteiger partial charge in [0.05, 0.1) is 0 Å². The summed E-state index contributed by atoms with van der Waals surface area (Å²) in [6.07, 6.45) is 1.49. The van der Waals surface area contributed by atoms with Crippen molar-refractivity contribution < 1.29 is 0 Å². The number of nitrogens with one attached hydrogen (secondary N) is 2. The fourth-order valence-corrected chi connectivity index (χ4v) is 2.64. The van der Waals surface area contributed by atoms with Gasteiger partial charge in [-0.3, -0.25) is 0 Å². The summed E-state index contributed by atoms with van der Waals surface area (Å²) in [6, 6.07) is 15.9. The minimum atomic E-state index is 0.481. The summed E-state index contributed by atoms with van der Waals surface area (Å²) in [5, 5.41) is 7.20. The second-order valence-corrected chi connectivity index (χ2v) is 6.80. The number of halogens is 1. The Bertz CT molecular complexity index is 860. The average molecular weight is 368 g/mol. The number of aromatic nitrogens is 2. The Labute approximate surface area is 158 Å². The molecule has 6 heteroatoms. The zero-order chi connectivity index (χ0) is 18.5. The first-order chi connectivity index (χ1) is 12.5. The molecule has 0 unspecified atom stereocenters. The monoisotopic (exact) mass is 367 g/mol. The van der Waals surface area contributed by atoms with Crippen molar-refractivity contribution >= 4 is 34.6 Å². The van der Waals surface area contributed by atoms with Crippen molar-refractivity contribution in [1.82, 2.24) is 9.97 Å². The fraction of sp³-hybridized carbons (Fsp3) is 0.200. The van der Waals surface area contributed by atoms with Crippen LogP contribution in [-0.2, 0) is 6.54 Å². The Hall–Kier alpha value is -2.79. The van der Waals surface area contributed by atoms with Crippen molar-refractivity contribution in [2.75, 3.05) is 16.4 Å². The van der Waals surface area contributed by atoms with Gasteiger partial charge in [-0.25, -0.2) is 9.97 Å². The molecule has 0 aliphatic rings. The van der Waals surface area contributed by atoms with Crippen LogP contribution in [0.2, 0.25) is 5.02 Å². The topological polar surface area (TPSA) is 75.9 Å². The molecule has 0 fully saturated rings. The van der Waals surface area contributed by atoms with Crippen molar-refractivity contribution in [2.24, 2.45) is 0 Å². The molecule has 2 aromatic carbocycles. The Morgan fingerprint density at radius 2 is 1.62 bits per heavy atom. The summed E-state index contributed by atoms with van der Waals surface area (Å²) in [7, 11) is 0. The van der Waals surface area contributed by atoms with E-state index >= 15 is 0 Å². The van der Waals surface area contributed by atoms with Crippen LogP contribution < -0.4 is 16.4 Å². The van der Waals surface area contributed by atoms with Crippen LogP contribution in [0.25, 0.3) is 0 Å². The number of nitrogens with two attached hydrogens (primary N) is 1. The van der Waals surface area contributed by atoms with Crippen LogP contribution >= 0.6 is 11.6 Å². The third kappa shape index (κ3) is 4.43. The van der Waals surface area contributed by atoms with Gasteiger partial charge in [-0.15, -0.1) is 0 Å². The van der Waals surface area contributed by atoms with Crippen LogP contribution in [0.15, 0.2) is 54.9 Å². The predicted octanol–water partition coefficient (Wildman–Crippen LogP) is 5.19. The molecule has 1 aromatic heterocycles. The summed E-state index contributed by atoms with van der Waals surface area (Å²) in [6.45, 7) is 4.94. The molecular weight excluding hydrogens is 346 g/mol. The van der Waals surface area contributed by atoms with Crippen molar-refractivity contribution in [3.05, 3.63) is 71.0 Å². The van der Waals surface area contributed by atoms with Gasteiger partial charge in [-0.1, -0.05) is 49.7 Å². The first-order valence-electron chi connectivity index (χ1n) is 8.48. The lowest BCUT2D eigenvalue weighted by Crippen LogP contribution is -2.08. The average Bonchev–Trinajstić information content (AvgIpc) is 2.64. The van der Waals surface area contributed by atoms with E-state index in [1.807, 2.05) is 36.4 Å². The molecule has 4 N–H and O–H groups in total. The van der Waals surface area contributed by atoms with E-state index in [1.165, 1.54) is 11.9 Å². The van der Waals surface area contributed by atoms with E-state index in [9.17, 15) is 0 Å². The molecule has 3 aromatic rings. The molecule has 0 amide bonds. The molecule has 0 saturated carbocycles. The number of hydrogen-bond donors (Lipinski definition) is 3. The lowest BCUT2D eigenvalue weighted by Gasteiger charge is -2.13. The summed E-state index contributed by atoms with van der Waals surface area (Å²) >= 11 is 5.91. The predicted molar refractivity (Wildman–Crippen MR) is 109 cm³/mol. The molecule has 0 aliphatic heterocycles. The van der Waals surface area contributed by atoms with E-state index in [4.69, 9.17) is 17.3 Å². The maximum absolute atomic E-state index is 6.23. The van der Waals surface area contributed by atoms with Crippen molar-refractivity contribution in [3.8, 4) is 0 Å². The highest BCUT2D eigenvalue weighted by Gasteiger charge is 2.09. The van der Waals surface area contributed by atoms with Gasteiger partial charge in [0.1, 0.15) is 12.0 Å². The van der Waals surface area contributed by atoms with Crippen molar-refractivity contribution in [3.63, 3.8) is 0 Å². The summed E-state index contributed by atoms with van der Waals surface area (Å²) in [4.78, 5) is 8.49. The van der Waals surface area contributed by atoms with Crippen LogP contribution in [0.4, 0.5) is 23.0 Å². The number of nitrogens with zero attached hydrogens (tertiary/aromatic N) is 2. The standard InChI is InChI=1S/C20H22ClN5/c1-13(2)15-5-9-17(10-6-15)26-20-18(22)19(24-12-25-20)23-11-14-3-7-16(21)8-4-14/h3-10,12-13H,11,22H2,1-2H3,(H2,23,24,25,26). The molecule has 134 valence electrons. The molecule has 3 rings (SSSR count). The minimum Gasteiger partial charge on any atom is -0.393 e. The number of anilines is 4. The smallest absolute Gasteiger partial charge is 0.159 e. The molecular formula is C20H22ClN5. The van der Waals surface area contributed by atoms with E-state index in [1.54, 1.807) is 0 Å². The molecule has 0 spiro atoms. The van der Waals surface area contributed by atoms with E-state index in [0.29, 0.717) is 34.8 Å². The molecule has 0 atom stereocenters. The molecule has 0 bridgehead atoms. The van der Waals surface area contributed by atoms with E-state index < -0.39 is 0 Å². The van der Waals surface area contributed by atoms with Crippen LogP contribution in [0.1, 0.15) is 30.9 Å². The van der Waals surface area contributed by atoms with E-state index in [-0.39, 0.29) is 0 Å². The molecule has 0 saturated heterocycles. The van der Waals surface area contributed by atoms with Crippen molar-refractivity contribution in [2.45, 2.75) is 26.3 Å². The van der Waals surface area contributed by atoms with Crippen LogP contribution in [0, 0.1) is 0 Å². The molecule has 5 nitrogen and oxygen atoms in total. The SMILES string of the molecule is CC(C)c1ccc(Nc2ncnc(NCc3ccc(Cl)cc3)c2N)cc1. The first-order valence-corrected chi connectivity index (χ1v) is 8.86. The Kier molecular flexibility index (Phi) is 5.58. The third-order valence-corrected chi connectivity index (χ3v) is 4.35. The summed E-state index contributed by atoms with van der Waals surface area (Å²) < 4.78 is 0. The first kappa shape index (κ1) is 18.0. The number of hydrogen-bond acceptors (Lipinski definition) is 5. The number of benzene rings is 2. The van der Waals surface area contributed by atoms with Gasteiger partial charge in [0.2, 0.25) is 0 Å². The van der Waals surface area contributed by atoms with Gasteiger partial charge >= 0.3 is 0 Å². The normalized spacial score (nSPS) is 10.8. The van der Waals surface area contributed by atoms with E-state index in [2.05, 4.69) is 46.6 Å². The second kappa shape index (κ2) is 8.06. The lowest BCUT2D eigenvalue weighted by atomic mass is 10.0. The summed E-state index contributed by atoms with van der Waals surface area (Å²) in [5.74, 6) is 1.67. The number of nitrogen functional groups attached to an aromatic ring is 1. The Morgan fingerprint density at radius 1 is 0.962 bits per heavy atom. The lowest BCUT2D eigenvalue weighted by molar-refractivity contribution is 0.867. The van der Waals surface area contributed by atoms with Crippen LogP contribution in [0.3, 0.4) is 0 Å². The maximum atomic E-state index is 6.23. The van der Waals surface area contributed by atoms with Gasteiger partial charge in [-0.05, 0) is 41.3 Å². The number of rotatable bonds is 6. The third-order valence-electron chi connectivity index (χ3n) is 4.10. The second-order valence-electron chi connectivity index (χ2n) is 6.37. The van der Waals surface area contributed by atoms with Crippen LogP contribution in [0.5, 0.6) is 0 Å². The highest BCUT2D eigenvalue weighted by Crippen LogP contribution is 2.27. The van der Waals surface area contributed by atoms with E-state index in [0.717, 1.165) is 11.3 Å². The van der Waals surface area contributed by atoms with Gasteiger partial charge < -0.3 is 16.4 Å². The van der Waals surface area contributed by atoms with Crippen molar-refractivity contribution in [1.29, 1.82) is 0 Å². The molecule has 1 heterocycles. The quantitative estimate of drug-likeness (QED) is 0.558. The maximum Gasteiger partial charge on any atom is 0.159 e. The zero-order valence-electron chi connectivity index (χ0n) is 14.8.